The molecular weight excluding hydrogens is 451 g/mol. The van der Waals surface area contributed by atoms with E-state index in [2.05, 4.69) is 26.0 Å². The van der Waals surface area contributed by atoms with Gasteiger partial charge in [0.1, 0.15) is 5.75 Å². The number of hydrogen-bond donors (Lipinski definition) is 2. The number of halogens is 4. The second-order valence-electron chi connectivity index (χ2n) is 5.88. The normalized spacial score (nSPS) is 14.7. The summed E-state index contributed by atoms with van der Waals surface area (Å²) in [4.78, 5) is -0.0666. The zero-order valence-corrected chi connectivity index (χ0v) is 16.5. The standard InChI is InChI=1S/C10H9BrF3NO.C7H8O3S/c11-8-3-6(7-4-15-5-7)1-2-9(8)16-10(12,13)14;1-6-2-4-7(5-3-6)11(8,9)10/h1-3,7,15H,4-5H2;2-5H,1H3,(H,8,9,10). The van der Waals surface area contributed by atoms with E-state index in [1.165, 1.54) is 18.2 Å². The molecule has 1 aliphatic heterocycles. The van der Waals surface area contributed by atoms with Crippen LogP contribution in [0.15, 0.2) is 51.8 Å². The van der Waals surface area contributed by atoms with Crippen molar-refractivity contribution < 1.29 is 30.9 Å². The minimum Gasteiger partial charge on any atom is -0.405 e. The lowest BCUT2D eigenvalue weighted by molar-refractivity contribution is -0.274. The second kappa shape index (κ2) is 8.59. The van der Waals surface area contributed by atoms with Gasteiger partial charge in [0, 0.05) is 19.0 Å². The highest BCUT2D eigenvalue weighted by Gasteiger charge is 2.32. The van der Waals surface area contributed by atoms with Crippen LogP contribution in [0.1, 0.15) is 17.0 Å². The first kappa shape index (κ1) is 21.7. The Bertz CT molecular complexity index is 882. The smallest absolute Gasteiger partial charge is 0.405 e. The van der Waals surface area contributed by atoms with Gasteiger partial charge in [-0.1, -0.05) is 23.8 Å². The third-order valence-corrected chi connectivity index (χ3v) is 5.24. The van der Waals surface area contributed by atoms with Crippen LogP contribution in [0.2, 0.25) is 0 Å². The topological polar surface area (TPSA) is 75.6 Å². The van der Waals surface area contributed by atoms with Crippen LogP contribution in [0.25, 0.3) is 0 Å². The fourth-order valence-electron chi connectivity index (χ4n) is 2.21. The van der Waals surface area contributed by atoms with E-state index in [1.807, 2.05) is 6.92 Å². The van der Waals surface area contributed by atoms with E-state index in [0.29, 0.717) is 10.4 Å². The van der Waals surface area contributed by atoms with Crippen molar-refractivity contribution in [3.05, 3.63) is 58.1 Å². The Hall–Kier alpha value is -1.62. The third kappa shape index (κ3) is 6.80. The maximum absolute atomic E-state index is 12.0. The van der Waals surface area contributed by atoms with E-state index in [9.17, 15) is 21.6 Å². The molecule has 2 N–H and O–H groups in total. The number of aryl methyl sites for hydroxylation is 1. The van der Waals surface area contributed by atoms with Crippen molar-refractivity contribution in [1.29, 1.82) is 0 Å². The molecule has 1 aliphatic rings. The van der Waals surface area contributed by atoms with Gasteiger partial charge in [-0.25, -0.2) is 0 Å². The SMILES string of the molecule is Cc1ccc(S(=O)(=O)O)cc1.FC(F)(F)Oc1ccc(C2CNC2)cc1Br. The first-order chi connectivity index (χ1) is 12.5. The Kier molecular flexibility index (Phi) is 6.90. The highest BCUT2D eigenvalue weighted by atomic mass is 79.9. The van der Waals surface area contributed by atoms with Crippen molar-refractivity contribution in [2.75, 3.05) is 13.1 Å². The number of alkyl halides is 3. The number of ether oxygens (including phenoxy) is 1. The van der Waals surface area contributed by atoms with Gasteiger partial charge in [-0.05, 0) is 52.7 Å². The summed E-state index contributed by atoms with van der Waals surface area (Å²) in [5, 5.41) is 3.11. The first-order valence-electron chi connectivity index (χ1n) is 7.76. The summed E-state index contributed by atoms with van der Waals surface area (Å²) in [7, 11) is -4.02. The Morgan fingerprint density at radius 3 is 2.15 bits per heavy atom. The molecule has 5 nitrogen and oxygen atoms in total. The highest BCUT2D eigenvalue weighted by Crippen LogP contribution is 2.33. The lowest BCUT2D eigenvalue weighted by Gasteiger charge is -2.27. The van der Waals surface area contributed by atoms with Gasteiger partial charge in [0.05, 0.1) is 9.37 Å². The zero-order chi connectivity index (χ0) is 20.2. The van der Waals surface area contributed by atoms with Crippen LogP contribution in [0.5, 0.6) is 5.75 Å². The van der Waals surface area contributed by atoms with Crippen LogP contribution in [0.4, 0.5) is 13.2 Å². The molecule has 0 amide bonds. The summed E-state index contributed by atoms with van der Waals surface area (Å²) < 4.78 is 69.8. The molecule has 3 rings (SSSR count). The Balaban J connectivity index is 0.000000208. The van der Waals surface area contributed by atoms with Crippen molar-refractivity contribution in [2.24, 2.45) is 0 Å². The summed E-state index contributed by atoms with van der Waals surface area (Å²) in [5.41, 5.74) is 1.97. The summed E-state index contributed by atoms with van der Waals surface area (Å²) in [6.45, 7) is 3.58. The molecule has 1 fully saturated rings. The Morgan fingerprint density at radius 2 is 1.74 bits per heavy atom. The van der Waals surface area contributed by atoms with Crippen LogP contribution in [0.3, 0.4) is 0 Å². The number of benzene rings is 2. The predicted molar refractivity (Wildman–Crippen MR) is 97.4 cm³/mol. The molecule has 0 saturated carbocycles. The Labute approximate surface area is 163 Å². The van der Waals surface area contributed by atoms with Crippen LogP contribution >= 0.6 is 15.9 Å². The fraction of sp³-hybridized carbons (Fsp3) is 0.294. The molecule has 0 aliphatic carbocycles. The van der Waals surface area contributed by atoms with Gasteiger partial charge in [-0.2, -0.15) is 8.42 Å². The van der Waals surface area contributed by atoms with Crippen LogP contribution in [-0.2, 0) is 10.1 Å². The van der Waals surface area contributed by atoms with Gasteiger partial charge in [0.25, 0.3) is 10.1 Å². The second-order valence-corrected chi connectivity index (χ2v) is 8.16. The molecule has 1 saturated heterocycles. The van der Waals surface area contributed by atoms with Gasteiger partial charge < -0.3 is 10.1 Å². The van der Waals surface area contributed by atoms with E-state index < -0.39 is 16.5 Å². The third-order valence-electron chi connectivity index (χ3n) is 3.75. The van der Waals surface area contributed by atoms with Gasteiger partial charge in [0.15, 0.2) is 0 Å². The molecule has 1 heterocycles. The van der Waals surface area contributed by atoms with Crippen molar-refractivity contribution >= 4 is 26.0 Å². The number of rotatable bonds is 3. The van der Waals surface area contributed by atoms with E-state index in [0.717, 1.165) is 24.2 Å². The molecule has 2 aromatic carbocycles. The largest absolute Gasteiger partial charge is 0.573 e. The summed E-state index contributed by atoms with van der Waals surface area (Å²) in [6, 6.07) is 10.7. The van der Waals surface area contributed by atoms with Crippen LogP contribution in [0, 0.1) is 6.92 Å². The molecule has 10 heteroatoms. The monoisotopic (exact) mass is 467 g/mol. The fourth-order valence-corrected chi connectivity index (χ4v) is 3.17. The molecule has 0 aromatic heterocycles. The van der Waals surface area contributed by atoms with Crippen molar-refractivity contribution in [1.82, 2.24) is 5.32 Å². The van der Waals surface area contributed by atoms with E-state index >= 15 is 0 Å². The molecular formula is C17H17BrF3NO4S. The number of hydrogen-bond acceptors (Lipinski definition) is 4. The minimum absolute atomic E-state index is 0.0666. The average Bonchev–Trinajstić information content (AvgIpc) is 2.47. The van der Waals surface area contributed by atoms with Gasteiger partial charge in [-0.15, -0.1) is 13.2 Å². The van der Waals surface area contributed by atoms with Gasteiger partial charge >= 0.3 is 6.36 Å². The summed E-state index contributed by atoms with van der Waals surface area (Å²) >= 11 is 3.08. The summed E-state index contributed by atoms with van der Waals surface area (Å²) in [5.74, 6) is 0.180. The van der Waals surface area contributed by atoms with E-state index in [1.54, 1.807) is 24.3 Å². The molecule has 27 heavy (non-hydrogen) atoms. The van der Waals surface area contributed by atoms with Crippen molar-refractivity contribution in [3.8, 4) is 5.75 Å². The predicted octanol–water partition coefficient (Wildman–Crippen LogP) is 4.28. The molecule has 0 radical (unpaired) electrons. The molecule has 0 bridgehead atoms. The average molecular weight is 468 g/mol. The minimum atomic E-state index is -4.65. The lowest BCUT2D eigenvalue weighted by Crippen LogP contribution is -2.39. The molecule has 0 atom stereocenters. The maximum atomic E-state index is 12.0. The zero-order valence-electron chi connectivity index (χ0n) is 14.1. The van der Waals surface area contributed by atoms with Gasteiger partial charge in [0.2, 0.25) is 0 Å². The lowest BCUT2D eigenvalue weighted by atomic mass is 9.94. The van der Waals surface area contributed by atoms with Gasteiger partial charge in [-0.3, -0.25) is 4.55 Å². The van der Waals surface area contributed by atoms with Crippen molar-refractivity contribution in [2.45, 2.75) is 24.1 Å². The summed E-state index contributed by atoms with van der Waals surface area (Å²) in [6.07, 6.45) is -4.65. The van der Waals surface area contributed by atoms with E-state index in [-0.39, 0.29) is 10.6 Å². The van der Waals surface area contributed by atoms with E-state index in [4.69, 9.17) is 4.55 Å². The maximum Gasteiger partial charge on any atom is 0.573 e. The molecule has 148 valence electrons. The van der Waals surface area contributed by atoms with Crippen LogP contribution in [-0.4, -0.2) is 32.4 Å². The first-order valence-corrected chi connectivity index (χ1v) is 9.99. The van der Waals surface area contributed by atoms with Crippen molar-refractivity contribution in [3.63, 3.8) is 0 Å². The molecule has 2 aromatic rings. The highest BCUT2D eigenvalue weighted by molar-refractivity contribution is 9.10. The Morgan fingerprint density at radius 1 is 1.15 bits per heavy atom. The molecule has 0 unspecified atom stereocenters. The molecule has 0 spiro atoms. The van der Waals surface area contributed by atoms with Crippen LogP contribution < -0.4 is 10.1 Å². The quantitative estimate of drug-likeness (QED) is 0.659. The number of nitrogens with one attached hydrogen (secondary N) is 1.